The van der Waals surface area contributed by atoms with Crippen LogP contribution in [0.1, 0.15) is 13.3 Å². The number of rotatable bonds is 1. The number of ether oxygens (including phenoxy) is 1. The minimum Gasteiger partial charge on any atom is -0.486 e. The van der Waals surface area contributed by atoms with Crippen molar-refractivity contribution in [3.05, 3.63) is 11.8 Å². The molecule has 0 aromatic rings. The Hall–Kier alpha value is -0.990. The summed E-state index contributed by atoms with van der Waals surface area (Å²) in [6.45, 7) is 1.85. The summed E-state index contributed by atoms with van der Waals surface area (Å²) in [5.74, 6) is -0.886. The Kier molecular flexibility index (Phi) is 1.42. The van der Waals surface area contributed by atoms with E-state index in [0.29, 0.717) is 6.42 Å². The van der Waals surface area contributed by atoms with Crippen molar-refractivity contribution in [2.75, 3.05) is 0 Å². The summed E-state index contributed by atoms with van der Waals surface area (Å²) >= 11 is 0. The van der Waals surface area contributed by atoms with Crippen molar-refractivity contribution in [3.8, 4) is 0 Å². The smallest absolute Gasteiger partial charge is 0.345 e. The second-order valence-corrected chi connectivity index (χ2v) is 2.13. The van der Waals surface area contributed by atoms with E-state index in [0.717, 1.165) is 5.57 Å². The zero-order chi connectivity index (χ0) is 6.85. The van der Waals surface area contributed by atoms with E-state index in [1.807, 2.05) is 6.92 Å². The molecule has 0 bridgehead atoms. The normalized spacial score (nSPS) is 25.0. The molecule has 1 unspecified atom stereocenters. The van der Waals surface area contributed by atoms with Gasteiger partial charge in [0.2, 0.25) is 0 Å². The van der Waals surface area contributed by atoms with E-state index in [1.54, 1.807) is 0 Å². The van der Waals surface area contributed by atoms with Gasteiger partial charge in [-0.2, -0.15) is 0 Å². The second-order valence-electron chi connectivity index (χ2n) is 2.13. The third-order valence-electron chi connectivity index (χ3n) is 1.22. The van der Waals surface area contributed by atoms with Crippen molar-refractivity contribution in [3.63, 3.8) is 0 Å². The lowest BCUT2D eigenvalue weighted by molar-refractivity contribution is -0.145. The molecule has 0 aliphatic carbocycles. The number of hydrogen-bond acceptors (Lipinski definition) is 2. The Bertz CT molecular complexity index is 160. The van der Waals surface area contributed by atoms with Crippen LogP contribution in [0.3, 0.4) is 0 Å². The Morgan fingerprint density at radius 2 is 2.67 bits per heavy atom. The first-order chi connectivity index (χ1) is 4.20. The molecule has 0 saturated heterocycles. The number of carboxylic acids is 1. The second kappa shape index (κ2) is 2.09. The van der Waals surface area contributed by atoms with E-state index in [1.165, 1.54) is 6.26 Å². The Balaban J connectivity index is 2.47. The lowest BCUT2D eigenvalue weighted by Crippen LogP contribution is -2.18. The molecule has 1 aliphatic heterocycles. The molecule has 0 radical (unpaired) electrons. The average molecular weight is 128 g/mol. The molecule has 3 heteroatoms. The Morgan fingerprint density at radius 3 is 2.89 bits per heavy atom. The number of carboxylic acid groups (broad SMARTS) is 1. The summed E-state index contributed by atoms with van der Waals surface area (Å²) < 4.78 is 4.77. The van der Waals surface area contributed by atoms with Gasteiger partial charge in [0.05, 0.1) is 6.26 Å². The van der Waals surface area contributed by atoms with Gasteiger partial charge in [0.15, 0.2) is 6.10 Å². The van der Waals surface area contributed by atoms with Crippen molar-refractivity contribution in [1.29, 1.82) is 0 Å². The number of aliphatic carboxylic acids is 1. The molecule has 0 aromatic carbocycles. The highest BCUT2D eigenvalue weighted by molar-refractivity contribution is 5.73. The van der Waals surface area contributed by atoms with Crippen LogP contribution in [0, 0.1) is 0 Å². The number of hydrogen-bond donors (Lipinski definition) is 1. The van der Waals surface area contributed by atoms with Gasteiger partial charge in [0.1, 0.15) is 0 Å². The first-order valence-electron chi connectivity index (χ1n) is 2.74. The molecule has 50 valence electrons. The van der Waals surface area contributed by atoms with Crippen LogP contribution in [0.15, 0.2) is 11.8 Å². The minimum atomic E-state index is -0.886. The van der Waals surface area contributed by atoms with Gasteiger partial charge in [-0.05, 0) is 12.5 Å². The third kappa shape index (κ3) is 1.22. The van der Waals surface area contributed by atoms with Crippen LogP contribution < -0.4 is 0 Å². The van der Waals surface area contributed by atoms with Crippen molar-refractivity contribution in [1.82, 2.24) is 0 Å². The highest BCUT2D eigenvalue weighted by atomic mass is 16.5. The predicted molar refractivity (Wildman–Crippen MR) is 30.9 cm³/mol. The SMILES string of the molecule is CC1=COC(C(=O)O)C1. The van der Waals surface area contributed by atoms with Gasteiger partial charge < -0.3 is 9.84 Å². The van der Waals surface area contributed by atoms with Gasteiger partial charge in [0, 0.05) is 6.42 Å². The van der Waals surface area contributed by atoms with Crippen LogP contribution in [-0.2, 0) is 9.53 Å². The van der Waals surface area contributed by atoms with Gasteiger partial charge in [-0.15, -0.1) is 0 Å². The fourth-order valence-electron chi connectivity index (χ4n) is 0.732. The molecule has 3 nitrogen and oxygen atoms in total. The highest BCUT2D eigenvalue weighted by Gasteiger charge is 2.22. The zero-order valence-electron chi connectivity index (χ0n) is 5.13. The van der Waals surface area contributed by atoms with Gasteiger partial charge in [-0.1, -0.05) is 0 Å². The zero-order valence-corrected chi connectivity index (χ0v) is 5.13. The van der Waals surface area contributed by atoms with Crippen LogP contribution >= 0.6 is 0 Å². The predicted octanol–water partition coefficient (Wildman–Crippen LogP) is 0.764. The lowest BCUT2D eigenvalue weighted by Gasteiger charge is -2.01. The highest BCUT2D eigenvalue weighted by Crippen LogP contribution is 2.16. The quantitative estimate of drug-likeness (QED) is 0.567. The maximum Gasteiger partial charge on any atom is 0.345 e. The average Bonchev–Trinajstić information content (AvgIpc) is 2.14. The van der Waals surface area contributed by atoms with Crippen molar-refractivity contribution in [2.45, 2.75) is 19.4 Å². The van der Waals surface area contributed by atoms with Gasteiger partial charge in [-0.3, -0.25) is 0 Å². The molecule has 9 heavy (non-hydrogen) atoms. The molecule has 0 aromatic heterocycles. The monoisotopic (exact) mass is 128 g/mol. The minimum absolute atomic E-state index is 0.523. The maximum absolute atomic E-state index is 10.2. The molecule has 0 amide bonds. The van der Waals surface area contributed by atoms with Crippen molar-refractivity contribution >= 4 is 5.97 Å². The van der Waals surface area contributed by atoms with Crippen molar-refractivity contribution in [2.24, 2.45) is 0 Å². The fraction of sp³-hybridized carbons (Fsp3) is 0.500. The third-order valence-corrected chi connectivity index (χ3v) is 1.22. The summed E-state index contributed by atoms with van der Waals surface area (Å²) in [5.41, 5.74) is 0.988. The summed E-state index contributed by atoms with van der Waals surface area (Å²) in [6.07, 6.45) is 1.39. The van der Waals surface area contributed by atoms with E-state index < -0.39 is 12.1 Å². The fourth-order valence-corrected chi connectivity index (χ4v) is 0.732. The first-order valence-corrected chi connectivity index (χ1v) is 2.74. The van der Waals surface area contributed by atoms with Crippen LogP contribution in [0.2, 0.25) is 0 Å². The van der Waals surface area contributed by atoms with Gasteiger partial charge in [-0.25, -0.2) is 4.79 Å². The summed E-state index contributed by atoms with van der Waals surface area (Å²) in [7, 11) is 0. The molecule has 0 saturated carbocycles. The first kappa shape index (κ1) is 6.13. The van der Waals surface area contributed by atoms with Gasteiger partial charge in [0.25, 0.3) is 0 Å². The van der Waals surface area contributed by atoms with E-state index in [-0.39, 0.29) is 0 Å². The van der Waals surface area contributed by atoms with E-state index in [9.17, 15) is 4.79 Å². The number of carbonyl (C=O) groups is 1. The van der Waals surface area contributed by atoms with Crippen molar-refractivity contribution < 1.29 is 14.6 Å². The van der Waals surface area contributed by atoms with Gasteiger partial charge >= 0.3 is 5.97 Å². The molecule has 1 N–H and O–H groups in total. The van der Waals surface area contributed by atoms with E-state index in [2.05, 4.69) is 0 Å². The summed E-state index contributed by atoms with van der Waals surface area (Å²) in [6, 6.07) is 0. The molecule has 1 aliphatic rings. The molecular formula is C6H8O3. The Morgan fingerprint density at radius 1 is 2.00 bits per heavy atom. The molecule has 0 spiro atoms. The molecular weight excluding hydrogens is 120 g/mol. The molecule has 1 rings (SSSR count). The topological polar surface area (TPSA) is 46.5 Å². The Labute approximate surface area is 52.9 Å². The van der Waals surface area contributed by atoms with E-state index in [4.69, 9.17) is 9.84 Å². The van der Waals surface area contributed by atoms with Crippen LogP contribution in [0.5, 0.6) is 0 Å². The summed E-state index contributed by atoms with van der Waals surface area (Å²) in [5, 5.41) is 8.37. The standard InChI is InChI=1S/C6H8O3/c1-4-2-5(6(7)8)9-3-4/h3,5H,2H2,1H3,(H,7,8). The lowest BCUT2D eigenvalue weighted by atomic mass is 10.2. The molecule has 1 atom stereocenters. The maximum atomic E-state index is 10.2. The molecule has 0 fully saturated rings. The summed E-state index contributed by atoms with van der Waals surface area (Å²) in [4.78, 5) is 10.2. The molecule has 1 heterocycles. The van der Waals surface area contributed by atoms with E-state index >= 15 is 0 Å². The van der Waals surface area contributed by atoms with Crippen LogP contribution in [0.4, 0.5) is 0 Å². The van der Waals surface area contributed by atoms with Crippen LogP contribution in [-0.4, -0.2) is 17.2 Å². The van der Waals surface area contributed by atoms with Crippen LogP contribution in [0.25, 0.3) is 0 Å². The largest absolute Gasteiger partial charge is 0.486 e.